The van der Waals surface area contributed by atoms with Crippen molar-refractivity contribution in [2.45, 2.75) is 19.8 Å². The number of carbonyl (C=O) groups excluding carboxylic acids is 1. The fraction of sp³-hybridized carbons (Fsp3) is 0.318. The summed E-state index contributed by atoms with van der Waals surface area (Å²) in [5.41, 5.74) is 2.61. The molecule has 0 unspecified atom stereocenters. The van der Waals surface area contributed by atoms with Crippen LogP contribution in [0.15, 0.2) is 53.1 Å². The number of amides is 1. The van der Waals surface area contributed by atoms with Crippen LogP contribution in [0.3, 0.4) is 0 Å². The molecule has 0 bridgehead atoms. The zero-order chi connectivity index (χ0) is 20.2. The summed E-state index contributed by atoms with van der Waals surface area (Å²) in [4.78, 5) is 20.7. The lowest BCUT2D eigenvalue weighted by molar-refractivity contribution is -0.131. The molecule has 1 amide bonds. The van der Waals surface area contributed by atoms with E-state index in [0.717, 1.165) is 11.1 Å². The van der Waals surface area contributed by atoms with Gasteiger partial charge in [-0.25, -0.2) is 4.39 Å². The number of anilines is 1. The second-order valence-corrected chi connectivity index (χ2v) is 7.20. The van der Waals surface area contributed by atoms with E-state index in [1.165, 1.54) is 6.07 Å². The van der Waals surface area contributed by atoms with E-state index in [1.54, 1.807) is 12.1 Å². The van der Waals surface area contributed by atoms with E-state index in [4.69, 9.17) is 4.52 Å². The Morgan fingerprint density at radius 3 is 2.66 bits per heavy atom. The van der Waals surface area contributed by atoms with E-state index in [2.05, 4.69) is 10.1 Å². The summed E-state index contributed by atoms with van der Waals surface area (Å²) in [6, 6.07) is 14.6. The molecule has 1 saturated heterocycles. The normalized spacial score (nSPS) is 14.3. The topological polar surface area (TPSA) is 62.5 Å². The molecule has 2 aromatic carbocycles. The minimum atomic E-state index is -0.229. The molecule has 1 aliphatic heterocycles. The third-order valence-electron chi connectivity index (χ3n) is 5.12. The van der Waals surface area contributed by atoms with Crippen molar-refractivity contribution in [3.63, 3.8) is 0 Å². The molecule has 1 aromatic heterocycles. The van der Waals surface area contributed by atoms with Gasteiger partial charge in [0, 0.05) is 44.6 Å². The quantitative estimate of drug-likeness (QED) is 0.663. The number of nitrogens with zero attached hydrogens (tertiary/aromatic N) is 4. The first-order valence-corrected chi connectivity index (χ1v) is 9.77. The van der Waals surface area contributed by atoms with Gasteiger partial charge in [0.15, 0.2) is 0 Å². The van der Waals surface area contributed by atoms with Gasteiger partial charge in [-0.05, 0) is 25.1 Å². The molecule has 150 valence electrons. The minimum absolute atomic E-state index is 0.0495. The maximum absolute atomic E-state index is 13.9. The Kier molecular flexibility index (Phi) is 5.55. The van der Waals surface area contributed by atoms with E-state index >= 15 is 0 Å². The standard InChI is InChI=1S/C22H23FN4O2/c1-16-5-4-6-17(15-16)22-24-20(29-25-22)9-10-21(28)27-13-11-26(12-14-27)19-8-3-2-7-18(19)23/h2-8,15H,9-14H2,1H3. The summed E-state index contributed by atoms with van der Waals surface area (Å²) in [5, 5.41) is 4.02. The number of hydrogen-bond acceptors (Lipinski definition) is 5. The summed E-state index contributed by atoms with van der Waals surface area (Å²) in [6.07, 6.45) is 0.723. The molecule has 0 radical (unpaired) electrons. The Morgan fingerprint density at radius 1 is 1.10 bits per heavy atom. The van der Waals surface area contributed by atoms with Crippen LogP contribution in [0.1, 0.15) is 17.9 Å². The van der Waals surface area contributed by atoms with E-state index in [1.807, 2.05) is 47.1 Å². The van der Waals surface area contributed by atoms with Crippen molar-refractivity contribution in [3.8, 4) is 11.4 Å². The van der Waals surface area contributed by atoms with Gasteiger partial charge in [-0.2, -0.15) is 4.98 Å². The molecule has 29 heavy (non-hydrogen) atoms. The van der Waals surface area contributed by atoms with E-state index < -0.39 is 0 Å². The van der Waals surface area contributed by atoms with Gasteiger partial charge >= 0.3 is 0 Å². The molecule has 1 fully saturated rings. The first kappa shape index (κ1) is 19.1. The molecule has 3 aromatic rings. The molecule has 1 aliphatic rings. The van der Waals surface area contributed by atoms with Crippen LogP contribution in [0.5, 0.6) is 0 Å². The number of aromatic nitrogens is 2. The van der Waals surface area contributed by atoms with E-state index in [-0.39, 0.29) is 11.7 Å². The van der Waals surface area contributed by atoms with Crippen LogP contribution in [0.25, 0.3) is 11.4 Å². The number of piperazine rings is 1. The van der Waals surface area contributed by atoms with Gasteiger partial charge in [0.1, 0.15) is 5.82 Å². The molecule has 4 rings (SSSR count). The lowest BCUT2D eigenvalue weighted by atomic mass is 10.1. The minimum Gasteiger partial charge on any atom is -0.366 e. The van der Waals surface area contributed by atoms with Crippen LogP contribution in [-0.2, 0) is 11.2 Å². The highest BCUT2D eigenvalue weighted by Crippen LogP contribution is 2.21. The zero-order valence-corrected chi connectivity index (χ0v) is 16.3. The third kappa shape index (κ3) is 4.45. The Bertz CT molecular complexity index is 996. The molecule has 7 heteroatoms. The Morgan fingerprint density at radius 2 is 1.90 bits per heavy atom. The number of benzene rings is 2. The Balaban J connectivity index is 1.29. The molecule has 0 spiro atoms. The average molecular weight is 394 g/mol. The first-order chi connectivity index (χ1) is 14.1. The van der Waals surface area contributed by atoms with Gasteiger partial charge in [-0.15, -0.1) is 0 Å². The van der Waals surface area contributed by atoms with Crippen LogP contribution >= 0.6 is 0 Å². The number of halogens is 1. The monoisotopic (exact) mass is 394 g/mol. The van der Waals surface area contributed by atoms with Crippen LogP contribution in [0.4, 0.5) is 10.1 Å². The van der Waals surface area contributed by atoms with E-state index in [0.29, 0.717) is 56.4 Å². The molecule has 0 saturated carbocycles. The number of hydrogen-bond donors (Lipinski definition) is 0. The second kappa shape index (κ2) is 8.43. The lowest BCUT2D eigenvalue weighted by Gasteiger charge is -2.36. The largest absolute Gasteiger partial charge is 0.366 e. The van der Waals surface area contributed by atoms with Gasteiger partial charge in [-0.1, -0.05) is 41.1 Å². The maximum atomic E-state index is 13.9. The van der Waals surface area contributed by atoms with Crippen LogP contribution in [0.2, 0.25) is 0 Å². The van der Waals surface area contributed by atoms with Gasteiger partial charge < -0.3 is 14.3 Å². The molecule has 6 nitrogen and oxygen atoms in total. The predicted octanol–water partition coefficient (Wildman–Crippen LogP) is 3.47. The fourth-order valence-corrected chi connectivity index (χ4v) is 3.53. The summed E-state index contributed by atoms with van der Waals surface area (Å²) < 4.78 is 19.2. The van der Waals surface area contributed by atoms with Gasteiger partial charge in [0.2, 0.25) is 17.6 Å². The van der Waals surface area contributed by atoms with Gasteiger partial charge in [0.05, 0.1) is 5.69 Å². The number of para-hydroxylation sites is 1. The van der Waals surface area contributed by atoms with Crippen LogP contribution in [-0.4, -0.2) is 47.1 Å². The molecular formula is C22H23FN4O2. The van der Waals surface area contributed by atoms with Crippen molar-refractivity contribution >= 4 is 11.6 Å². The predicted molar refractivity (Wildman–Crippen MR) is 108 cm³/mol. The highest BCUT2D eigenvalue weighted by atomic mass is 19.1. The summed E-state index contributed by atoms with van der Waals surface area (Å²) in [7, 11) is 0. The zero-order valence-electron chi connectivity index (χ0n) is 16.3. The van der Waals surface area contributed by atoms with Crippen molar-refractivity contribution in [2.75, 3.05) is 31.1 Å². The summed E-state index contributed by atoms with van der Waals surface area (Å²) in [5.74, 6) is 0.816. The summed E-state index contributed by atoms with van der Waals surface area (Å²) >= 11 is 0. The molecule has 2 heterocycles. The Hall–Kier alpha value is -3.22. The van der Waals surface area contributed by atoms with Crippen LogP contribution < -0.4 is 4.90 Å². The SMILES string of the molecule is Cc1cccc(-c2noc(CCC(=O)N3CCN(c4ccccc4F)CC3)n2)c1. The van der Waals surface area contributed by atoms with Crippen LogP contribution in [0, 0.1) is 12.7 Å². The smallest absolute Gasteiger partial charge is 0.227 e. The number of rotatable bonds is 5. The second-order valence-electron chi connectivity index (χ2n) is 7.20. The maximum Gasteiger partial charge on any atom is 0.227 e. The van der Waals surface area contributed by atoms with Crippen molar-refractivity contribution in [1.29, 1.82) is 0 Å². The molecular weight excluding hydrogens is 371 g/mol. The molecule has 0 aliphatic carbocycles. The number of carbonyl (C=O) groups is 1. The van der Waals surface area contributed by atoms with Crippen molar-refractivity contribution in [3.05, 3.63) is 65.8 Å². The van der Waals surface area contributed by atoms with Gasteiger partial charge in [-0.3, -0.25) is 4.79 Å². The average Bonchev–Trinajstić information content (AvgIpc) is 3.22. The van der Waals surface area contributed by atoms with Crippen molar-refractivity contribution in [2.24, 2.45) is 0 Å². The fourth-order valence-electron chi connectivity index (χ4n) is 3.53. The molecule has 0 atom stereocenters. The first-order valence-electron chi connectivity index (χ1n) is 9.77. The number of aryl methyl sites for hydroxylation is 2. The highest BCUT2D eigenvalue weighted by Gasteiger charge is 2.23. The van der Waals surface area contributed by atoms with Gasteiger partial charge in [0.25, 0.3) is 0 Å². The Labute approximate surface area is 168 Å². The van der Waals surface area contributed by atoms with Crippen molar-refractivity contribution < 1.29 is 13.7 Å². The highest BCUT2D eigenvalue weighted by molar-refractivity contribution is 5.76. The lowest BCUT2D eigenvalue weighted by Crippen LogP contribution is -2.49. The van der Waals surface area contributed by atoms with E-state index in [9.17, 15) is 9.18 Å². The summed E-state index contributed by atoms with van der Waals surface area (Å²) in [6.45, 7) is 4.39. The molecule has 0 N–H and O–H groups in total. The third-order valence-corrected chi connectivity index (χ3v) is 5.12. The van der Waals surface area contributed by atoms with Crippen molar-refractivity contribution in [1.82, 2.24) is 15.0 Å².